The Morgan fingerprint density at radius 1 is 0.963 bits per heavy atom. The lowest BCUT2D eigenvalue weighted by atomic mass is 9.90. The number of fused-ring (bicyclic) bond motifs is 1. The number of nitrogens with one attached hydrogen (secondary N) is 1. The first-order valence-electron chi connectivity index (χ1n) is 9.14. The lowest BCUT2D eigenvalue weighted by Crippen LogP contribution is -2.44. The Morgan fingerprint density at radius 2 is 1.63 bits per heavy atom. The summed E-state index contributed by atoms with van der Waals surface area (Å²) in [6.07, 6.45) is 0.862. The van der Waals surface area contributed by atoms with Crippen LogP contribution in [0, 0.1) is 3.57 Å². The van der Waals surface area contributed by atoms with Gasteiger partial charge < -0.3 is 10.2 Å². The van der Waals surface area contributed by atoms with E-state index in [0.29, 0.717) is 0 Å². The lowest BCUT2D eigenvalue weighted by Gasteiger charge is -2.40. The maximum absolute atomic E-state index is 13.4. The SMILES string of the molecule is C[C@@H]1C[C@H](Nc2ccccc2)c2ccccc2N1C(=O)c1ccccc1I. The van der Waals surface area contributed by atoms with Gasteiger partial charge >= 0.3 is 0 Å². The van der Waals surface area contributed by atoms with Crippen molar-refractivity contribution in [2.45, 2.75) is 25.4 Å². The van der Waals surface area contributed by atoms with Crippen molar-refractivity contribution in [2.75, 3.05) is 10.2 Å². The number of hydrogen-bond donors (Lipinski definition) is 1. The summed E-state index contributed by atoms with van der Waals surface area (Å²) < 4.78 is 0.981. The minimum absolute atomic E-state index is 0.0677. The Bertz CT molecular complexity index is 957. The highest BCUT2D eigenvalue weighted by Crippen LogP contribution is 2.39. The van der Waals surface area contributed by atoms with E-state index in [-0.39, 0.29) is 18.0 Å². The molecule has 2 atom stereocenters. The molecule has 1 N–H and O–H groups in total. The smallest absolute Gasteiger partial charge is 0.259 e. The number of nitrogens with zero attached hydrogens (tertiary/aromatic N) is 1. The summed E-state index contributed by atoms with van der Waals surface area (Å²) in [6, 6.07) is 26.5. The van der Waals surface area contributed by atoms with Gasteiger partial charge in [0.2, 0.25) is 0 Å². The maximum atomic E-state index is 13.4. The summed E-state index contributed by atoms with van der Waals surface area (Å²) in [5, 5.41) is 3.64. The van der Waals surface area contributed by atoms with Gasteiger partial charge in [0, 0.05) is 21.0 Å². The van der Waals surface area contributed by atoms with E-state index in [4.69, 9.17) is 0 Å². The van der Waals surface area contributed by atoms with Gasteiger partial charge in [-0.25, -0.2) is 0 Å². The fraction of sp³-hybridized carbons (Fsp3) is 0.174. The fourth-order valence-corrected chi connectivity index (χ4v) is 4.38. The van der Waals surface area contributed by atoms with E-state index in [1.54, 1.807) is 0 Å². The number of benzene rings is 3. The Hall–Kier alpha value is -2.34. The third kappa shape index (κ3) is 3.58. The number of hydrogen-bond acceptors (Lipinski definition) is 2. The molecule has 0 radical (unpaired) electrons. The molecule has 4 rings (SSSR count). The van der Waals surface area contributed by atoms with Gasteiger partial charge in [-0.15, -0.1) is 0 Å². The normalized spacial score (nSPS) is 18.7. The molecule has 1 amide bonds. The molecular weight excluding hydrogens is 447 g/mol. The second kappa shape index (κ2) is 7.72. The van der Waals surface area contributed by atoms with E-state index in [2.05, 4.69) is 59.1 Å². The van der Waals surface area contributed by atoms with Gasteiger partial charge in [0.05, 0.1) is 11.6 Å². The molecule has 3 aromatic rings. The fourth-order valence-electron chi connectivity index (χ4n) is 3.76. The van der Waals surface area contributed by atoms with Gasteiger partial charge in [0.1, 0.15) is 0 Å². The summed E-state index contributed by atoms with van der Waals surface area (Å²) >= 11 is 2.24. The van der Waals surface area contributed by atoms with Gasteiger partial charge in [-0.3, -0.25) is 4.79 Å². The highest BCUT2D eigenvalue weighted by atomic mass is 127. The zero-order valence-electron chi connectivity index (χ0n) is 15.1. The van der Waals surface area contributed by atoms with Gasteiger partial charge in [0.15, 0.2) is 0 Å². The standard InChI is InChI=1S/C23H21IN2O/c1-16-15-21(25-17-9-3-2-4-10-17)19-12-6-8-14-22(19)26(16)23(27)18-11-5-7-13-20(18)24/h2-14,16,21,25H,15H2,1H3/t16-,21+/m1/s1. The van der Waals surface area contributed by atoms with Crippen molar-refractivity contribution in [3.63, 3.8) is 0 Å². The average Bonchev–Trinajstić information content (AvgIpc) is 2.69. The maximum Gasteiger partial charge on any atom is 0.259 e. The highest BCUT2D eigenvalue weighted by Gasteiger charge is 2.34. The summed E-state index contributed by atoms with van der Waals surface area (Å²) in [6.45, 7) is 2.13. The first kappa shape index (κ1) is 18.0. The van der Waals surface area contributed by atoms with Crippen LogP contribution in [-0.4, -0.2) is 11.9 Å². The molecule has 0 bridgehead atoms. The molecule has 27 heavy (non-hydrogen) atoms. The minimum atomic E-state index is 0.0677. The molecule has 0 saturated heterocycles. The molecule has 4 heteroatoms. The zero-order valence-corrected chi connectivity index (χ0v) is 17.3. The van der Waals surface area contributed by atoms with Crippen LogP contribution in [-0.2, 0) is 0 Å². The van der Waals surface area contributed by atoms with Crippen LogP contribution in [0.3, 0.4) is 0 Å². The molecule has 0 spiro atoms. The van der Waals surface area contributed by atoms with Crippen LogP contribution >= 0.6 is 22.6 Å². The van der Waals surface area contributed by atoms with Crippen LogP contribution in [0.4, 0.5) is 11.4 Å². The van der Waals surface area contributed by atoms with E-state index >= 15 is 0 Å². The first-order chi connectivity index (χ1) is 13.1. The highest BCUT2D eigenvalue weighted by molar-refractivity contribution is 14.1. The van der Waals surface area contributed by atoms with Crippen LogP contribution in [0.15, 0.2) is 78.9 Å². The minimum Gasteiger partial charge on any atom is -0.378 e. The molecule has 3 nitrogen and oxygen atoms in total. The second-order valence-corrected chi connectivity index (χ2v) is 8.02. The monoisotopic (exact) mass is 468 g/mol. The molecule has 0 saturated carbocycles. The Labute approximate surface area is 173 Å². The average molecular weight is 468 g/mol. The molecule has 0 unspecified atom stereocenters. The lowest BCUT2D eigenvalue weighted by molar-refractivity contribution is 0.0973. The molecule has 1 aliphatic rings. The number of halogens is 1. The van der Waals surface area contributed by atoms with Crippen molar-refractivity contribution in [3.05, 3.63) is 93.6 Å². The van der Waals surface area contributed by atoms with Crippen LogP contribution in [0.25, 0.3) is 0 Å². The van der Waals surface area contributed by atoms with Crippen LogP contribution in [0.5, 0.6) is 0 Å². The van der Waals surface area contributed by atoms with Crippen molar-refractivity contribution in [2.24, 2.45) is 0 Å². The van der Waals surface area contributed by atoms with E-state index < -0.39 is 0 Å². The number of anilines is 2. The molecule has 1 aliphatic heterocycles. The summed E-state index contributed by atoms with van der Waals surface area (Å²) in [7, 11) is 0. The number of para-hydroxylation sites is 2. The van der Waals surface area contributed by atoms with Gasteiger partial charge in [-0.1, -0.05) is 48.5 Å². The Balaban J connectivity index is 1.71. The van der Waals surface area contributed by atoms with Crippen LogP contribution < -0.4 is 10.2 Å². The molecule has 0 aliphatic carbocycles. The van der Waals surface area contributed by atoms with Gasteiger partial charge in [-0.05, 0) is 71.8 Å². The van der Waals surface area contributed by atoms with E-state index in [1.165, 1.54) is 5.56 Å². The number of carbonyl (C=O) groups is 1. The molecular formula is C23H21IN2O. The van der Waals surface area contributed by atoms with Crippen molar-refractivity contribution >= 4 is 39.9 Å². The first-order valence-corrected chi connectivity index (χ1v) is 10.2. The number of amides is 1. The molecule has 136 valence electrons. The van der Waals surface area contributed by atoms with Crippen LogP contribution in [0.2, 0.25) is 0 Å². The molecule has 0 fully saturated rings. The van der Waals surface area contributed by atoms with Crippen molar-refractivity contribution < 1.29 is 4.79 Å². The topological polar surface area (TPSA) is 32.3 Å². The zero-order chi connectivity index (χ0) is 18.8. The van der Waals surface area contributed by atoms with Crippen molar-refractivity contribution in [1.29, 1.82) is 0 Å². The predicted octanol–water partition coefficient (Wildman–Crippen LogP) is 5.88. The molecule has 1 heterocycles. The summed E-state index contributed by atoms with van der Waals surface area (Å²) in [5.74, 6) is 0.0677. The van der Waals surface area contributed by atoms with Gasteiger partial charge in [-0.2, -0.15) is 0 Å². The summed E-state index contributed by atoms with van der Waals surface area (Å²) in [4.78, 5) is 15.3. The third-order valence-electron chi connectivity index (χ3n) is 5.03. The van der Waals surface area contributed by atoms with Gasteiger partial charge in [0.25, 0.3) is 5.91 Å². The second-order valence-electron chi connectivity index (χ2n) is 6.86. The number of carbonyl (C=O) groups excluding carboxylic acids is 1. The van der Waals surface area contributed by atoms with E-state index in [9.17, 15) is 4.79 Å². The Kier molecular flexibility index (Phi) is 5.16. The van der Waals surface area contributed by atoms with Crippen molar-refractivity contribution in [3.8, 4) is 0 Å². The largest absolute Gasteiger partial charge is 0.378 e. The molecule has 0 aromatic heterocycles. The van der Waals surface area contributed by atoms with Crippen molar-refractivity contribution in [1.82, 2.24) is 0 Å². The Morgan fingerprint density at radius 3 is 2.41 bits per heavy atom. The third-order valence-corrected chi connectivity index (χ3v) is 5.97. The summed E-state index contributed by atoms with van der Waals surface area (Å²) in [5.41, 5.74) is 4.02. The van der Waals surface area contributed by atoms with E-state index in [0.717, 1.165) is 26.9 Å². The predicted molar refractivity (Wildman–Crippen MR) is 119 cm³/mol. The molecule has 3 aromatic carbocycles. The quantitative estimate of drug-likeness (QED) is 0.487. The number of rotatable bonds is 3. The van der Waals surface area contributed by atoms with Crippen LogP contribution in [0.1, 0.15) is 35.3 Å². The van der Waals surface area contributed by atoms with E-state index in [1.807, 2.05) is 59.5 Å².